The molecule has 0 aliphatic carbocycles. The summed E-state index contributed by atoms with van der Waals surface area (Å²) in [5, 5.41) is 12.1. The number of hydrogen-bond acceptors (Lipinski definition) is 7. The highest BCUT2D eigenvalue weighted by Crippen LogP contribution is 2.31. The molecule has 0 bridgehead atoms. The van der Waals surface area contributed by atoms with Crippen molar-refractivity contribution in [2.45, 2.75) is 36.1 Å². The molecular formula is C26H25N5O3S. The van der Waals surface area contributed by atoms with E-state index in [-0.39, 0.29) is 21.0 Å². The largest absolute Gasteiger partial charge is 0.497 e. The lowest BCUT2D eigenvalue weighted by atomic mass is 9.87. The minimum Gasteiger partial charge on any atom is -0.497 e. The fourth-order valence-electron chi connectivity index (χ4n) is 3.87. The molecule has 178 valence electrons. The molecule has 0 unspecified atom stereocenters. The van der Waals surface area contributed by atoms with Crippen molar-refractivity contribution in [2.24, 2.45) is 0 Å². The predicted molar refractivity (Wildman–Crippen MR) is 135 cm³/mol. The van der Waals surface area contributed by atoms with Crippen LogP contribution in [0, 0.1) is 0 Å². The van der Waals surface area contributed by atoms with E-state index in [1.54, 1.807) is 19.2 Å². The van der Waals surface area contributed by atoms with Crippen LogP contribution in [0.1, 0.15) is 26.3 Å². The van der Waals surface area contributed by atoms with Gasteiger partial charge in [0, 0.05) is 11.1 Å². The van der Waals surface area contributed by atoms with Gasteiger partial charge in [0.15, 0.2) is 5.65 Å². The highest BCUT2D eigenvalue weighted by Gasteiger charge is 2.27. The molecule has 0 spiro atoms. The number of fused-ring (bicyclic) bond motifs is 3. The molecule has 0 aliphatic rings. The minimum absolute atomic E-state index is 0.0898. The van der Waals surface area contributed by atoms with E-state index in [2.05, 4.69) is 41.4 Å². The Hall–Kier alpha value is -3.98. The number of ether oxygens (including phenoxy) is 1. The van der Waals surface area contributed by atoms with Gasteiger partial charge in [0.05, 0.1) is 17.5 Å². The maximum absolute atomic E-state index is 13.6. The average Bonchev–Trinajstić information content (AvgIpc) is 3.29. The summed E-state index contributed by atoms with van der Waals surface area (Å²) in [6, 6.07) is 21.8. The first kappa shape index (κ1) is 22.8. The van der Waals surface area contributed by atoms with Crippen LogP contribution < -0.4 is 10.1 Å². The Morgan fingerprint density at radius 2 is 1.60 bits per heavy atom. The highest BCUT2D eigenvalue weighted by atomic mass is 32.2. The van der Waals surface area contributed by atoms with Gasteiger partial charge in [0.2, 0.25) is 14.9 Å². The van der Waals surface area contributed by atoms with E-state index < -0.39 is 9.84 Å². The Morgan fingerprint density at radius 1 is 0.914 bits per heavy atom. The van der Waals surface area contributed by atoms with Crippen LogP contribution in [0.3, 0.4) is 0 Å². The van der Waals surface area contributed by atoms with Gasteiger partial charge in [-0.3, -0.25) is 0 Å². The lowest BCUT2D eigenvalue weighted by Gasteiger charge is -2.19. The van der Waals surface area contributed by atoms with Crippen LogP contribution in [0.15, 0.2) is 82.7 Å². The van der Waals surface area contributed by atoms with E-state index in [0.717, 1.165) is 22.4 Å². The van der Waals surface area contributed by atoms with E-state index in [0.29, 0.717) is 11.3 Å². The van der Waals surface area contributed by atoms with Crippen molar-refractivity contribution in [2.75, 3.05) is 12.4 Å². The zero-order valence-electron chi connectivity index (χ0n) is 19.9. The molecule has 1 N–H and O–H groups in total. The van der Waals surface area contributed by atoms with Gasteiger partial charge in [-0.25, -0.2) is 13.4 Å². The molecule has 0 aliphatic heterocycles. The second-order valence-electron chi connectivity index (χ2n) is 9.24. The quantitative estimate of drug-likeness (QED) is 0.366. The van der Waals surface area contributed by atoms with Crippen molar-refractivity contribution in [1.82, 2.24) is 19.8 Å². The molecule has 5 aromatic rings. The third-order valence-electron chi connectivity index (χ3n) is 5.86. The molecule has 35 heavy (non-hydrogen) atoms. The Labute approximate surface area is 203 Å². The molecule has 5 rings (SSSR count). The standard InChI is InChI=1S/C26H25N5O3S/c1-26(2,3)17-9-15-20(16-10-17)35(32,33)25-24-28-23(27-18-11-13-19(34-4)14-12-18)21-7-5-6-8-22(21)31(24)30-29-25/h5-16H,1-4H3,(H,27,28). The van der Waals surface area contributed by atoms with Gasteiger partial charge in [-0.2, -0.15) is 4.52 Å². The number of aromatic nitrogens is 4. The summed E-state index contributed by atoms with van der Waals surface area (Å²) < 4.78 is 33.8. The maximum Gasteiger partial charge on any atom is 0.229 e. The van der Waals surface area contributed by atoms with E-state index in [1.165, 1.54) is 4.52 Å². The van der Waals surface area contributed by atoms with Crippen molar-refractivity contribution >= 4 is 37.9 Å². The number of benzene rings is 3. The lowest BCUT2D eigenvalue weighted by molar-refractivity contribution is 0.415. The Bertz CT molecular complexity index is 1640. The fraction of sp³-hybridized carbons (Fsp3) is 0.192. The molecule has 0 radical (unpaired) electrons. The highest BCUT2D eigenvalue weighted by molar-refractivity contribution is 7.91. The summed E-state index contributed by atoms with van der Waals surface area (Å²) in [6.45, 7) is 6.24. The molecule has 2 aromatic heterocycles. The molecule has 0 amide bonds. The molecule has 3 aromatic carbocycles. The van der Waals surface area contributed by atoms with Crippen molar-refractivity contribution in [3.63, 3.8) is 0 Å². The summed E-state index contributed by atoms with van der Waals surface area (Å²) in [5.74, 6) is 1.23. The summed E-state index contributed by atoms with van der Waals surface area (Å²) in [5.41, 5.74) is 2.57. The zero-order valence-corrected chi connectivity index (χ0v) is 20.7. The van der Waals surface area contributed by atoms with Crippen LogP contribution >= 0.6 is 0 Å². The molecular weight excluding hydrogens is 462 g/mol. The average molecular weight is 488 g/mol. The van der Waals surface area contributed by atoms with Gasteiger partial charge in [-0.05, 0) is 59.5 Å². The van der Waals surface area contributed by atoms with Gasteiger partial charge >= 0.3 is 0 Å². The van der Waals surface area contributed by atoms with Gasteiger partial charge in [-0.1, -0.05) is 50.3 Å². The van der Waals surface area contributed by atoms with Gasteiger partial charge in [0.1, 0.15) is 11.6 Å². The first-order chi connectivity index (χ1) is 16.7. The number of rotatable bonds is 5. The summed E-state index contributed by atoms with van der Waals surface area (Å²) in [4.78, 5) is 4.81. The third kappa shape index (κ3) is 4.08. The van der Waals surface area contributed by atoms with Crippen molar-refractivity contribution in [1.29, 1.82) is 0 Å². The smallest absolute Gasteiger partial charge is 0.229 e. The minimum atomic E-state index is -3.95. The molecule has 0 saturated carbocycles. The number of hydrogen-bond donors (Lipinski definition) is 1. The van der Waals surface area contributed by atoms with Crippen LogP contribution in [0.25, 0.3) is 16.6 Å². The van der Waals surface area contributed by atoms with Gasteiger partial charge < -0.3 is 10.1 Å². The number of nitrogens with zero attached hydrogens (tertiary/aromatic N) is 4. The summed E-state index contributed by atoms with van der Waals surface area (Å²) >= 11 is 0. The van der Waals surface area contributed by atoms with Crippen LogP contribution in [-0.4, -0.2) is 35.3 Å². The van der Waals surface area contributed by atoms with Gasteiger partial charge in [-0.15, -0.1) is 5.10 Å². The number of para-hydroxylation sites is 1. The molecule has 9 heteroatoms. The Kier molecular flexibility index (Phi) is 5.44. The predicted octanol–water partition coefficient (Wildman–Crippen LogP) is 5.16. The van der Waals surface area contributed by atoms with E-state index in [9.17, 15) is 8.42 Å². The van der Waals surface area contributed by atoms with E-state index in [1.807, 2.05) is 60.7 Å². The Morgan fingerprint density at radius 3 is 2.26 bits per heavy atom. The molecule has 0 saturated heterocycles. The second-order valence-corrected chi connectivity index (χ2v) is 11.1. The molecule has 2 heterocycles. The van der Waals surface area contributed by atoms with Crippen molar-refractivity contribution < 1.29 is 13.2 Å². The molecule has 8 nitrogen and oxygen atoms in total. The monoisotopic (exact) mass is 487 g/mol. The van der Waals surface area contributed by atoms with E-state index in [4.69, 9.17) is 4.74 Å². The second kappa shape index (κ2) is 8.35. The van der Waals surface area contributed by atoms with Crippen molar-refractivity contribution in [3.8, 4) is 5.75 Å². The van der Waals surface area contributed by atoms with E-state index >= 15 is 0 Å². The number of sulfone groups is 1. The van der Waals surface area contributed by atoms with Crippen LogP contribution in [-0.2, 0) is 15.3 Å². The van der Waals surface area contributed by atoms with Crippen LogP contribution in [0.2, 0.25) is 0 Å². The normalized spacial score (nSPS) is 12.2. The van der Waals surface area contributed by atoms with Crippen LogP contribution in [0.4, 0.5) is 11.5 Å². The number of methoxy groups -OCH3 is 1. The zero-order chi connectivity index (χ0) is 24.8. The SMILES string of the molecule is COc1ccc(Nc2nc3c(S(=O)(=O)c4ccc(C(C)(C)C)cc4)nnn3c3ccccc23)cc1. The third-order valence-corrected chi connectivity index (χ3v) is 7.53. The number of nitrogens with one attached hydrogen (secondary N) is 1. The van der Waals surface area contributed by atoms with Crippen LogP contribution in [0.5, 0.6) is 5.75 Å². The first-order valence-electron chi connectivity index (χ1n) is 11.1. The summed E-state index contributed by atoms with van der Waals surface area (Å²) in [6.07, 6.45) is 0. The lowest BCUT2D eigenvalue weighted by Crippen LogP contribution is -2.11. The van der Waals surface area contributed by atoms with Crippen molar-refractivity contribution in [3.05, 3.63) is 78.4 Å². The maximum atomic E-state index is 13.6. The van der Waals surface area contributed by atoms with Gasteiger partial charge in [0.25, 0.3) is 0 Å². The number of anilines is 2. The first-order valence-corrected chi connectivity index (χ1v) is 12.6. The molecule has 0 atom stereocenters. The topological polar surface area (TPSA) is 98.5 Å². The summed E-state index contributed by atoms with van der Waals surface area (Å²) in [7, 11) is -2.35. The Balaban J connectivity index is 1.65. The fourth-order valence-corrected chi connectivity index (χ4v) is 5.11. The molecule has 0 fully saturated rings.